The summed E-state index contributed by atoms with van der Waals surface area (Å²) in [5.41, 5.74) is 4.02. The van der Waals surface area contributed by atoms with Gasteiger partial charge in [0.1, 0.15) is 5.75 Å². The SMILES string of the molecule is FC(F)(F)Oc1ccc(-c2c3ccccc3c(-c3cccc4ccccc34)c3ccc(-c4ccc(C(F)(F)F)cc4)cc23)cc1. The van der Waals surface area contributed by atoms with Crippen molar-refractivity contribution < 1.29 is 31.1 Å². The van der Waals surface area contributed by atoms with Gasteiger partial charge >= 0.3 is 12.5 Å². The lowest BCUT2D eigenvalue weighted by atomic mass is 9.83. The van der Waals surface area contributed by atoms with E-state index < -0.39 is 18.1 Å². The van der Waals surface area contributed by atoms with E-state index in [0.29, 0.717) is 16.7 Å². The Labute approximate surface area is 253 Å². The second-order valence-corrected chi connectivity index (χ2v) is 10.7. The summed E-state index contributed by atoms with van der Waals surface area (Å²) in [7, 11) is 0. The Morgan fingerprint density at radius 2 is 0.978 bits per heavy atom. The molecule has 0 heterocycles. The lowest BCUT2D eigenvalue weighted by molar-refractivity contribution is -0.274. The molecule has 0 bridgehead atoms. The van der Waals surface area contributed by atoms with Crippen molar-refractivity contribution in [3.8, 4) is 39.1 Å². The number of benzene rings is 7. The molecule has 0 N–H and O–H groups in total. The maximum absolute atomic E-state index is 13.3. The molecule has 7 aromatic rings. The van der Waals surface area contributed by atoms with Gasteiger partial charge in [-0.05, 0) is 96.0 Å². The quantitative estimate of drug-likeness (QED) is 0.143. The van der Waals surface area contributed by atoms with Crippen molar-refractivity contribution in [3.63, 3.8) is 0 Å². The Hall–Kier alpha value is -5.30. The Morgan fingerprint density at radius 1 is 0.422 bits per heavy atom. The van der Waals surface area contributed by atoms with Crippen LogP contribution in [0.5, 0.6) is 5.75 Å². The number of ether oxygens (including phenoxy) is 1. The zero-order valence-corrected chi connectivity index (χ0v) is 23.4. The van der Waals surface area contributed by atoms with Crippen molar-refractivity contribution in [1.29, 1.82) is 0 Å². The highest BCUT2D eigenvalue weighted by atomic mass is 19.4. The molecule has 7 aromatic carbocycles. The van der Waals surface area contributed by atoms with Crippen LogP contribution in [-0.4, -0.2) is 6.36 Å². The number of hydrogen-bond acceptors (Lipinski definition) is 1. The first kappa shape index (κ1) is 28.5. The molecule has 45 heavy (non-hydrogen) atoms. The summed E-state index contributed by atoms with van der Waals surface area (Å²) in [6.45, 7) is 0. The van der Waals surface area contributed by atoms with E-state index in [1.807, 2.05) is 72.8 Å². The van der Waals surface area contributed by atoms with Gasteiger partial charge in [0, 0.05) is 0 Å². The second kappa shape index (κ2) is 10.7. The smallest absolute Gasteiger partial charge is 0.406 e. The van der Waals surface area contributed by atoms with Gasteiger partial charge in [0.2, 0.25) is 0 Å². The highest BCUT2D eigenvalue weighted by molar-refractivity contribution is 6.24. The average Bonchev–Trinajstić information content (AvgIpc) is 3.02. The van der Waals surface area contributed by atoms with Gasteiger partial charge in [-0.2, -0.15) is 13.2 Å². The minimum absolute atomic E-state index is 0.335. The van der Waals surface area contributed by atoms with Crippen LogP contribution in [0.1, 0.15) is 5.56 Å². The van der Waals surface area contributed by atoms with E-state index in [0.717, 1.165) is 61.1 Å². The maximum Gasteiger partial charge on any atom is 0.573 e. The Morgan fingerprint density at radius 3 is 1.64 bits per heavy atom. The van der Waals surface area contributed by atoms with Crippen LogP contribution in [-0.2, 0) is 6.18 Å². The second-order valence-electron chi connectivity index (χ2n) is 10.7. The Balaban J connectivity index is 1.54. The van der Waals surface area contributed by atoms with Crippen molar-refractivity contribution in [3.05, 3.63) is 139 Å². The first-order chi connectivity index (χ1) is 21.6. The van der Waals surface area contributed by atoms with Crippen LogP contribution in [0.3, 0.4) is 0 Å². The van der Waals surface area contributed by atoms with E-state index in [1.165, 1.54) is 24.3 Å². The molecule has 0 spiro atoms. The van der Waals surface area contributed by atoms with Crippen molar-refractivity contribution in [2.24, 2.45) is 0 Å². The molecule has 222 valence electrons. The Bertz CT molecular complexity index is 2190. The topological polar surface area (TPSA) is 9.23 Å². The van der Waals surface area contributed by atoms with Crippen molar-refractivity contribution in [2.75, 3.05) is 0 Å². The van der Waals surface area contributed by atoms with Gasteiger partial charge in [0.05, 0.1) is 5.56 Å². The summed E-state index contributed by atoms with van der Waals surface area (Å²) >= 11 is 0. The third-order valence-electron chi connectivity index (χ3n) is 8.01. The molecule has 0 saturated carbocycles. The van der Waals surface area contributed by atoms with Crippen LogP contribution in [0.2, 0.25) is 0 Å². The monoisotopic (exact) mass is 608 g/mol. The van der Waals surface area contributed by atoms with Crippen molar-refractivity contribution >= 4 is 32.3 Å². The summed E-state index contributed by atoms with van der Waals surface area (Å²) in [4.78, 5) is 0. The van der Waals surface area contributed by atoms with E-state index in [-0.39, 0.29) is 5.75 Å². The van der Waals surface area contributed by atoms with Crippen LogP contribution in [0.15, 0.2) is 133 Å². The van der Waals surface area contributed by atoms with E-state index >= 15 is 0 Å². The lowest BCUT2D eigenvalue weighted by Gasteiger charge is -2.20. The molecule has 0 aromatic heterocycles. The molecule has 0 amide bonds. The number of halogens is 6. The van der Waals surface area contributed by atoms with Crippen LogP contribution >= 0.6 is 0 Å². The average molecular weight is 609 g/mol. The third kappa shape index (κ3) is 5.35. The number of hydrogen-bond donors (Lipinski definition) is 0. The first-order valence-electron chi connectivity index (χ1n) is 14.1. The van der Waals surface area contributed by atoms with Crippen LogP contribution in [0.25, 0.3) is 65.7 Å². The fourth-order valence-electron chi connectivity index (χ4n) is 6.08. The summed E-state index contributed by atoms with van der Waals surface area (Å²) in [5.74, 6) is -0.335. The first-order valence-corrected chi connectivity index (χ1v) is 14.1. The highest BCUT2D eigenvalue weighted by Gasteiger charge is 2.31. The third-order valence-corrected chi connectivity index (χ3v) is 8.01. The van der Waals surface area contributed by atoms with Crippen molar-refractivity contribution in [2.45, 2.75) is 12.5 Å². The number of rotatable bonds is 4. The summed E-state index contributed by atoms with van der Waals surface area (Å²) in [6, 6.07) is 38.6. The molecule has 0 unspecified atom stereocenters. The molecule has 0 aliphatic heterocycles. The van der Waals surface area contributed by atoms with Crippen LogP contribution in [0, 0.1) is 0 Å². The number of fused-ring (bicyclic) bond motifs is 3. The minimum atomic E-state index is -4.82. The molecule has 7 rings (SSSR count). The summed E-state index contributed by atoms with van der Waals surface area (Å²) in [6.07, 6.45) is -9.28. The van der Waals surface area contributed by atoms with E-state index in [4.69, 9.17) is 0 Å². The zero-order valence-electron chi connectivity index (χ0n) is 23.4. The summed E-state index contributed by atoms with van der Waals surface area (Å²) in [5, 5.41) is 5.65. The van der Waals surface area contributed by atoms with Gasteiger partial charge in [-0.25, -0.2) is 0 Å². The van der Waals surface area contributed by atoms with Gasteiger partial charge < -0.3 is 4.74 Å². The molecular formula is C38H22F6O. The molecule has 0 fully saturated rings. The summed E-state index contributed by atoms with van der Waals surface area (Å²) < 4.78 is 82.7. The predicted molar refractivity (Wildman–Crippen MR) is 167 cm³/mol. The molecule has 7 heteroatoms. The van der Waals surface area contributed by atoms with Gasteiger partial charge in [-0.1, -0.05) is 103 Å². The van der Waals surface area contributed by atoms with E-state index in [9.17, 15) is 26.3 Å². The number of alkyl halides is 6. The van der Waals surface area contributed by atoms with Gasteiger partial charge in [-0.3, -0.25) is 0 Å². The standard InChI is InChI=1S/C38H22F6O/c39-37(40,41)27-17-12-23(13-18-27)26-16-21-33-34(22-26)35(25-14-19-28(20-15-25)45-38(42,43)44)31-9-3-4-10-32(31)36(33)30-11-5-7-24-6-1-2-8-29(24)30/h1-22H. The maximum atomic E-state index is 13.3. The Kier molecular flexibility index (Phi) is 6.77. The molecule has 0 radical (unpaired) electrons. The fraction of sp³-hybridized carbons (Fsp3) is 0.0526. The van der Waals surface area contributed by atoms with E-state index in [1.54, 1.807) is 12.1 Å². The lowest BCUT2D eigenvalue weighted by Crippen LogP contribution is -2.16. The minimum Gasteiger partial charge on any atom is -0.406 e. The molecular weight excluding hydrogens is 586 g/mol. The van der Waals surface area contributed by atoms with Gasteiger partial charge in [0.25, 0.3) is 0 Å². The highest BCUT2D eigenvalue weighted by Crippen LogP contribution is 2.46. The van der Waals surface area contributed by atoms with Gasteiger partial charge in [0.15, 0.2) is 0 Å². The predicted octanol–water partition coefficient (Wildman–Crippen LogP) is 12.1. The molecule has 0 atom stereocenters. The normalized spacial score (nSPS) is 12.2. The van der Waals surface area contributed by atoms with Crippen molar-refractivity contribution in [1.82, 2.24) is 0 Å². The molecule has 0 aliphatic rings. The largest absolute Gasteiger partial charge is 0.573 e. The molecule has 0 aliphatic carbocycles. The zero-order chi connectivity index (χ0) is 31.3. The van der Waals surface area contributed by atoms with Gasteiger partial charge in [-0.15, -0.1) is 13.2 Å². The van der Waals surface area contributed by atoms with E-state index in [2.05, 4.69) is 16.9 Å². The fourth-order valence-corrected chi connectivity index (χ4v) is 6.08. The van der Waals surface area contributed by atoms with Crippen LogP contribution in [0.4, 0.5) is 26.3 Å². The molecule has 1 nitrogen and oxygen atoms in total. The van der Waals surface area contributed by atoms with Crippen LogP contribution < -0.4 is 4.74 Å². The molecule has 0 saturated heterocycles.